The van der Waals surface area contributed by atoms with Crippen LogP contribution in [0.25, 0.3) is 0 Å². The van der Waals surface area contributed by atoms with Crippen LogP contribution in [0.2, 0.25) is 0 Å². The first-order valence-electron chi connectivity index (χ1n) is 8.35. The molecule has 1 aromatic carbocycles. The van der Waals surface area contributed by atoms with Crippen LogP contribution in [0.15, 0.2) is 18.2 Å². The van der Waals surface area contributed by atoms with E-state index in [1.54, 1.807) is 12.1 Å². The molecular weight excluding hydrogens is 263 g/mol. The molecule has 1 N–H and O–H groups in total. The van der Waals surface area contributed by atoms with Crippen LogP contribution >= 0.6 is 0 Å². The van der Waals surface area contributed by atoms with E-state index in [1.165, 1.54) is 19.3 Å². The predicted molar refractivity (Wildman–Crippen MR) is 88.2 cm³/mol. The van der Waals surface area contributed by atoms with Crippen LogP contribution in [0.1, 0.15) is 45.6 Å². The molecule has 0 saturated carbocycles. The van der Waals surface area contributed by atoms with Gasteiger partial charge in [-0.2, -0.15) is 0 Å². The van der Waals surface area contributed by atoms with Crippen molar-refractivity contribution in [2.24, 2.45) is 11.8 Å². The number of benzene rings is 1. The van der Waals surface area contributed by atoms with Gasteiger partial charge in [0.15, 0.2) is 0 Å². The smallest absolute Gasteiger partial charge is 0.125 e. The lowest BCUT2D eigenvalue weighted by molar-refractivity contribution is 0.351. The minimum absolute atomic E-state index is 0.120. The molecule has 3 heteroatoms. The molecule has 1 saturated heterocycles. The van der Waals surface area contributed by atoms with Gasteiger partial charge in [0.2, 0.25) is 0 Å². The third-order valence-electron chi connectivity index (χ3n) is 4.60. The maximum absolute atomic E-state index is 13.9. The molecule has 0 bridgehead atoms. The van der Waals surface area contributed by atoms with Crippen molar-refractivity contribution in [3.05, 3.63) is 29.6 Å². The monoisotopic (exact) mass is 292 g/mol. The van der Waals surface area contributed by atoms with Gasteiger partial charge >= 0.3 is 0 Å². The van der Waals surface area contributed by atoms with Gasteiger partial charge in [0.25, 0.3) is 0 Å². The second-order valence-electron chi connectivity index (χ2n) is 6.52. The third kappa shape index (κ3) is 4.70. The first kappa shape index (κ1) is 16.3. The molecule has 21 heavy (non-hydrogen) atoms. The van der Waals surface area contributed by atoms with Crippen LogP contribution in [0.5, 0.6) is 0 Å². The second-order valence-corrected chi connectivity index (χ2v) is 6.52. The van der Waals surface area contributed by atoms with Gasteiger partial charge in [-0.25, -0.2) is 4.39 Å². The number of hydrogen-bond acceptors (Lipinski definition) is 2. The average molecular weight is 292 g/mol. The van der Waals surface area contributed by atoms with E-state index >= 15 is 0 Å². The van der Waals surface area contributed by atoms with E-state index in [1.807, 2.05) is 0 Å². The molecule has 2 rings (SSSR count). The molecule has 1 heterocycles. The summed E-state index contributed by atoms with van der Waals surface area (Å²) in [6.45, 7) is 10.4. The quantitative estimate of drug-likeness (QED) is 0.875. The molecule has 1 unspecified atom stereocenters. The van der Waals surface area contributed by atoms with Crippen molar-refractivity contribution >= 4 is 5.69 Å². The Bertz CT molecular complexity index is 445. The Morgan fingerprint density at radius 3 is 2.76 bits per heavy atom. The van der Waals surface area contributed by atoms with Gasteiger partial charge < -0.3 is 10.2 Å². The maximum Gasteiger partial charge on any atom is 0.125 e. The van der Waals surface area contributed by atoms with Gasteiger partial charge in [0.1, 0.15) is 5.82 Å². The Labute approximate surface area is 128 Å². The third-order valence-corrected chi connectivity index (χ3v) is 4.60. The summed E-state index contributed by atoms with van der Waals surface area (Å²) < 4.78 is 13.9. The molecule has 1 aliphatic heterocycles. The Morgan fingerprint density at radius 2 is 2.05 bits per heavy atom. The standard InChI is InChI=1S/C18H29FN2/c1-4-20-13-15-10-17(19)12-18(11-15)21-8-5-6-16(7-9-21)14(2)3/h10-12,14,16,20H,4-9,13H2,1-3H3. The van der Waals surface area contributed by atoms with E-state index in [-0.39, 0.29) is 5.82 Å². The van der Waals surface area contributed by atoms with Crippen molar-refractivity contribution in [2.45, 2.75) is 46.6 Å². The fourth-order valence-corrected chi connectivity index (χ4v) is 3.23. The Kier molecular flexibility index (Phi) is 6.04. The first-order chi connectivity index (χ1) is 10.1. The van der Waals surface area contributed by atoms with Crippen molar-refractivity contribution < 1.29 is 4.39 Å². The van der Waals surface area contributed by atoms with Crippen LogP contribution in [0.3, 0.4) is 0 Å². The van der Waals surface area contributed by atoms with Crippen LogP contribution < -0.4 is 10.2 Å². The van der Waals surface area contributed by atoms with Crippen molar-refractivity contribution in [3.8, 4) is 0 Å². The highest BCUT2D eigenvalue weighted by Gasteiger charge is 2.20. The first-order valence-corrected chi connectivity index (χ1v) is 8.35. The van der Waals surface area contributed by atoms with E-state index in [4.69, 9.17) is 0 Å². The lowest BCUT2D eigenvalue weighted by atomic mass is 9.89. The summed E-state index contributed by atoms with van der Waals surface area (Å²) in [7, 11) is 0. The average Bonchev–Trinajstić information content (AvgIpc) is 2.70. The van der Waals surface area contributed by atoms with Crippen LogP contribution in [-0.2, 0) is 6.54 Å². The summed E-state index contributed by atoms with van der Waals surface area (Å²) in [5.41, 5.74) is 2.09. The van der Waals surface area contributed by atoms with Gasteiger partial charge in [-0.3, -0.25) is 0 Å². The van der Waals surface area contributed by atoms with Crippen LogP contribution in [0.4, 0.5) is 10.1 Å². The van der Waals surface area contributed by atoms with Crippen LogP contribution in [0, 0.1) is 17.7 Å². The van der Waals surface area contributed by atoms with E-state index in [0.717, 1.165) is 49.3 Å². The highest BCUT2D eigenvalue weighted by molar-refractivity contribution is 5.49. The maximum atomic E-state index is 13.9. The number of halogens is 1. The lowest BCUT2D eigenvalue weighted by Gasteiger charge is -2.24. The van der Waals surface area contributed by atoms with Gasteiger partial charge in [-0.05, 0) is 61.4 Å². The highest BCUT2D eigenvalue weighted by atomic mass is 19.1. The molecule has 1 fully saturated rings. The number of nitrogens with zero attached hydrogens (tertiary/aromatic N) is 1. The molecule has 0 radical (unpaired) electrons. The largest absolute Gasteiger partial charge is 0.371 e. The minimum atomic E-state index is -0.120. The summed E-state index contributed by atoms with van der Waals surface area (Å²) in [5.74, 6) is 1.44. The Balaban J connectivity index is 2.08. The summed E-state index contributed by atoms with van der Waals surface area (Å²) in [6.07, 6.45) is 3.73. The lowest BCUT2D eigenvalue weighted by Crippen LogP contribution is -2.25. The molecular formula is C18H29FN2. The summed E-state index contributed by atoms with van der Waals surface area (Å²) >= 11 is 0. The highest BCUT2D eigenvalue weighted by Crippen LogP contribution is 2.28. The van der Waals surface area contributed by atoms with E-state index in [0.29, 0.717) is 0 Å². The Morgan fingerprint density at radius 1 is 1.24 bits per heavy atom. The molecule has 0 aromatic heterocycles. The number of hydrogen-bond donors (Lipinski definition) is 1. The van der Waals surface area contributed by atoms with Gasteiger partial charge in [-0.1, -0.05) is 20.8 Å². The number of anilines is 1. The van der Waals surface area contributed by atoms with Crippen LogP contribution in [-0.4, -0.2) is 19.6 Å². The van der Waals surface area contributed by atoms with Gasteiger partial charge in [-0.15, -0.1) is 0 Å². The van der Waals surface area contributed by atoms with E-state index in [2.05, 4.69) is 37.1 Å². The number of rotatable bonds is 5. The molecule has 118 valence electrons. The predicted octanol–water partition coefficient (Wildman–Crippen LogP) is 4.20. The normalized spacial score (nSPS) is 19.9. The van der Waals surface area contributed by atoms with Crippen molar-refractivity contribution in [1.29, 1.82) is 0 Å². The van der Waals surface area contributed by atoms with Gasteiger partial charge in [0.05, 0.1) is 0 Å². The van der Waals surface area contributed by atoms with E-state index in [9.17, 15) is 4.39 Å². The fourth-order valence-electron chi connectivity index (χ4n) is 3.23. The van der Waals surface area contributed by atoms with Crippen molar-refractivity contribution in [3.63, 3.8) is 0 Å². The molecule has 1 aliphatic rings. The van der Waals surface area contributed by atoms with Crippen molar-refractivity contribution in [2.75, 3.05) is 24.5 Å². The summed E-state index contributed by atoms with van der Waals surface area (Å²) in [5, 5.41) is 3.27. The molecule has 2 nitrogen and oxygen atoms in total. The summed E-state index contributed by atoms with van der Waals surface area (Å²) in [6, 6.07) is 5.47. The fraction of sp³-hybridized carbons (Fsp3) is 0.667. The molecule has 1 aromatic rings. The minimum Gasteiger partial charge on any atom is -0.371 e. The Hall–Kier alpha value is -1.09. The van der Waals surface area contributed by atoms with E-state index < -0.39 is 0 Å². The zero-order valence-electron chi connectivity index (χ0n) is 13.7. The molecule has 1 atom stereocenters. The summed E-state index contributed by atoms with van der Waals surface area (Å²) in [4.78, 5) is 2.36. The second kappa shape index (κ2) is 7.79. The topological polar surface area (TPSA) is 15.3 Å². The number of nitrogens with one attached hydrogen (secondary N) is 1. The molecule has 0 aliphatic carbocycles. The van der Waals surface area contributed by atoms with Crippen molar-refractivity contribution in [1.82, 2.24) is 5.32 Å². The zero-order chi connectivity index (χ0) is 15.2. The zero-order valence-corrected chi connectivity index (χ0v) is 13.7. The molecule has 0 amide bonds. The molecule has 0 spiro atoms. The van der Waals surface area contributed by atoms with Gasteiger partial charge in [0, 0.05) is 25.3 Å². The SMILES string of the molecule is CCNCc1cc(F)cc(N2CCCC(C(C)C)CC2)c1.